The van der Waals surface area contributed by atoms with Crippen molar-refractivity contribution >= 4 is 21.8 Å². The van der Waals surface area contributed by atoms with E-state index in [2.05, 4.69) is 21.1 Å². The lowest BCUT2D eigenvalue weighted by Gasteiger charge is -2.09. The molecule has 0 amide bonds. The maximum Gasteiger partial charge on any atom is 0.139 e. The van der Waals surface area contributed by atoms with E-state index < -0.39 is 0 Å². The molecule has 0 aromatic heterocycles. The number of hydrogen-bond donors (Lipinski definition) is 2. The number of amidine groups is 1. The monoisotopic (exact) mass is 300 g/mol. The second-order valence-corrected chi connectivity index (χ2v) is 4.72. The number of rotatable bonds is 6. The van der Waals surface area contributed by atoms with Gasteiger partial charge in [0.05, 0.1) is 6.61 Å². The van der Waals surface area contributed by atoms with Crippen molar-refractivity contribution in [2.24, 2.45) is 10.9 Å². The van der Waals surface area contributed by atoms with Crippen molar-refractivity contribution in [2.75, 3.05) is 6.61 Å². The molecule has 0 aliphatic rings. The minimum atomic E-state index is 0.268. The van der Waals surface area contributed by atoms with E-state index in [1.165, 1.54) is 0 Å². The Kier molecular flexibility index (Phi) is 5.83. The van der Waals surface area contributed by atoms with Crippen LogP contribution in [0.25, 0.3) is 0 Å². The first kappa shape index (κ1) is 13.8. The molecule has 0 unspecified atom stereocenters. The fraction of sp³-hybridized carbons (Fsp3) is 0.417. The summed E-state index contributed by atoms with van der Waals surface area (Å²) >= 11 is 3.41. The van der Waals surface area contributed by atoms with E-state index in [1.807, 2.05) is 25.1 Å². The van der Waals surface area contributed by atoms with E-state index in [1.54, 1.807) is 0 Å². The molecule has 0 aliphatic carbocycles. The fourth-order valence-electron chi connectivity index (χ4n) is 1.42. The number of ether oxygens (including phenoxy) is 1. The summed E-state index contributed by atoms with van der Waals surface area (Å²) in [5.41, 5.74) is 6.47. The number of oxime groups is 1. The second-order valence-electron chi connectivity index (χ2n) is 3.81. The van der Waals surface area contributed by atoms with E-state index in [0.717, 1.165) is 28.6 Å². The maximum absolute atomic E-state index is 8.36. The molecule has 0 saturated carbocycles. The summed E-state index contributed by atoms with van der Waals surface area (Å²) < 4.78 is 6.69. The highest BCUT2D eigenvalue weighted by atomic mass is 79.9. The molecular formula is C12H17BrN2O2. The van der Waals surface area contributed by atoms with Gasteiger partial charge in [-0.2, -0.15) is 0 Å². The Morgan fingerprint density at radius 3 is 2.88 bits per heavy atom. The van der Waals surface area contributed by atoms with Crippen LogP contribution >= 0.6 is 15.9 Å². The largest absolute Gasteiger partial charge is 0.493 e. The number of halogens is 1. The van der Waals surface area contributed by atoms with E-state index in [4.69, 9.17) is 15.7 Å². The van der Waals surface area contributed by atoms with Crippen LogP contribution in [-0.4, -0.2) is 17.6 Å². The van der Waals surface area contributed by atoms with Gasteiger partial charge in [0.15, 0.2) is 0 Å². The SMILES string of the molecule is Cc1cc(Br)ccc1OCCCCC(N)=NO. The molecule has 1 aromatic carbocycles. The van der Waals surface area contributed by atoms with Crippen LogP contribution in [0.3, 0.4) is 0 Å². The molecule has 5 heteroatoms. The zero-order valence-corrected chi connectivity index (χ0v) is 11.4. The van der Waals surface area contributed by atoms with Crippen LogP contribution in [0.4, 0.5) is 0 Å². The molecule has 0 heterocycles. The summed E-state index contributed by atoms with van der Waals surface area (Å²) in [5, 5.41) is 11.3. The number of benzene rings is 1. The van der Waals surface area contributed by atoms with Gasteiger partial charge < -0.3 is 15.7 Å². The Morgan fingerprint density at radius 1 is 1.47 bits per heavy atom. The lowest BCUT2D eigenvalue weighted by atomic mass is 10.2. The average Bonchev–Trinajstić information content (AvgIpc) is 2.30. The summed E-state index contributed by atoms with van der Waals surface area (Å²) in [4.78, 5) is 0. The fourth-order valence-corrected chi connectivity index (χ4v) is 1.89. The molecule has 1 rings (SSSR count). The first-order valence-corrected chi connectivity index (χ1v) is 6.28. The average molecular weight is 301 g/mol. The van der Waals surface area contributed by atoms with Gasteiger partial charge in [-0.05, 0) is 43.5 Å². The van der Waals surface area contributed by atoms with Crippen LogP contribution in [0.5, 0.6) is 5.75 Å². The molecule has 4 nitrogen and oxygen atoms in total. The topological polar surface area (TPSA) is 67.8 Å². The first-order chi connectivity index (χ1) is 8.13. The third-order valence-electron chi connectivity index (χ3n) is 2.35. The van der Waals surface area contributed by atoms with Crippen molar-refractivity contribution in [3.8, 4) is 5.75 Å². The second kappa shape index (κ2) is 7.17. The van der Waals surface area contributed by atoms with Crippen molar-refractivity contribution in [1.29, 1.82) is 0 Å². The van der Waals surface area contributed by atoms with E-state index in [0.29, 0.717) is 13.0 Å². The molecule has 94 valence electrons. The number of aryl methyl sites for hydroxylation is 1. The molecule has 17 heavy (non-hydrogen) atoms. The predicted octanol–water partition coefficient (Wildman–Crippen LogP) is 3.05. The van der Waals surface area contributed by atoms with E-state index in [9.17, 15) is 0 Å². The molecule has 1 aromatic rings. The highest BCUT2D eigenvalue weighted by Crippen LogP contribution is 2.22. The molecule has 0 fully saturated rings. The van der Waals surface area contributed by atoms with Gasteiger partial charge in [0.1, 0.15) is 11.6 Å². The summed E-state index contributed by atoms with van der Waals surface area (Å²) in [5.74, 6) is 1.17. The minimum absolute atomic E-state index is 0.268. The van der Waals surface area contributed by atoms with Crippen LogP contribution in [-0.2, 0) is 0 Å². The van der Waals surface area contributed by atoms with Gasteiger partial charge >= 0.3 is 0 Å². The molecule has 0 atom stereocenters. The van der Waals surface area contributed by atoms with E-state index >= 15 is 0 Å². The number of unbranched alkanes of at least 4 members (excludes halogenated alkanes) is 1. The smallest absolute Gasteiger partial charge is 0.139 e. The van der Waals surface area contributed by atoms with Crippen molar-refractivity contribution in [2.45, 2.75) is 26.2 Å². The summed E-state index contributed by atoms with van der Waals surface area (Å²) in [7, 11) is 0. The molecular weight excluding hydrogens is 284 g/mol. The summed E-state index contributed by atoms with van der Waals surface area (Å²) in [6.45, 7) is 2.65. The highest BCUT2D eigenvalue weighted by Gasteiger charge is 2.00. The zero-order valence-electron chi connectivity index (χ0n) is 9.82. The van der Waals surface area contributed by atoms with Crippen LogP contribution in [0, 0.1) is 6.92 Å². The molecule has 0 radical (unpaired) electrons. The summed E-state index contributed by atoms with van der Waals surface area (Å²) in [6, 6.07) is 5.92. The lowest BCUT2D eigenvalue weighted by Crippen LogP contribution is -2.11. The van der Waals surface area contributed by atoms with Crippen LogP contribution in [0.1, 0.15) is 24.8 Å². The Labute approximate surface area is 110 Å². The van der Waals surface area contributed by atoms with Crippen LogP contribution < -0.4 is 10.5 Å². The standard InChI is InChI=1S/C12H17BrN2O2/c1-9-8-10(13)5-6-11(9)17-7-3-2-4-12(14)15-16/h5-6,8,16H,2-4,7H2,1H3,(H2,14,15). The Bertz CT molecular complexity index is 394. The van der Waals surface area contributed by atoms with Gasteiger partial charge in [-0.1, -0.05) is 21.1 Å². The first-order valence-electron chi connectivity index (χ1n) is 5.49. The van der Waals surface area contributed by atoms with Gasteiger partial charge in [-0.25, -0.2) is 0 Å². The highest BCUT2D eigenvalue weighted by molar-refractivity contribution is 9.10. The molecule has 0 bridgehead atoms. The Balaban J connectivity index is 2.27. The number of nitrogens with zero attached hydrogens (tertiary/aromatic N) is 1. The van der Waals surface area contributed by atoms with Crippen LogP contribution in [0.15, 0.2) is 27.8 Å². The number of nitrogens with two attached hydrogens (primary N) is 1. The number of hydrogen-bond acceptors (Lipinski definition) is 3. The quantitative estimate of drug-likeness (QED) is 0.279. The van der Waals surface area contributed by atoms with Gasteiger partial charge in [0.25, 0.3) is 0 Å². The molecule has 0 saturated heterocycles. The van der Waals surface area contributed by atoms with Crippen molar-refractivity contribution in [1.82, 2.24) is 0 Å². The van der Waals surface area contributed by atoms with Gasteiger partial charge in [0.2, 0.25) is 0 Å². The molecule has 0 spiro atoms. The normalized spacial score (nSPS) is 11.5. The summed E-state index contributed by atoms with van der Waals surface area (Å²) in [6.07, 6.45) is 2.33. The molecule has 0 aliphatic heterocycles. The maximum atomic E-state index is 8.36. The zero-order chi connectivity index (χ0) is 12.7. The van der Waals surface area contributed by atoms with Gasteiger partial charge in [-0.3, -0.25) is 0 Å². The third-order valence-corrected chi connectivity index (χ3v) is 2.84. The van der Waals surface area contributed by atoms with Gasteiger partial charge in [0, 0.05) is 10.9 Å². The molecule has 3 N–H and O–H groups in total. The van der Waals surface area contributed by atoms with Crippen molar-refractivity contribution < 1.29 is 9.94 Å². The van der Waals surface area contributed by atoms with Crippen molar-refractivity contribution in [3.05, 3.63) is 28.2 Å². The van der Waals surface area contributed by atoms with Gasteiger partial charge in [-0.15, -0.1) is 0 Å². The van der Waals surface area contributed by atoms with E-state index in [-0.39, 0.29) is 5.84 Å². The third kappa shape index (κ3) is 5.08. The minimum Gasteiger partial charge on any atom is -0.493 e. The Morgan fingerprint density at radius 2 is 2.24 bits per heavy atom. The Hall–Kier alpha value is -1.23. The van der Waals surface area contributed by atoms with Crippen molar-refractivity contribution in [3.63, 3.8) is 0 Å². The lowest BCUT2D eigenvalue weighted by molar-refractivity contribution is 0.303. The van der Waals surface area contributed by atoms with Crippen LogP contribution in [0.2, 0.25) is 0 Å². The predicted molar refractivity (Wildman–Crippen MR) is 71.6 cm³/mol.